The molecule has 2 nitrogen and oxygen atoms in total. The summed E-state index contributed by atoms with van der Waals surface area (Å²) >= 11 is 9.24. The molecule has 0 unspecified atom stereocenters. The van der Waals surface area contributed by atoms with E-state index in [0.29, 0.717) is 12.5 Å². The Hall–Kier alpha value is -1.06. The SMILES string of the molecule is ClCc1ccc(OCCc2ccccn2)c(Br)c1. The highest BCUT2D eigenvalue weighted by Crippen LogP contribution is 2.26. The molecular weight excluding hydrogens is 314 g/mol. The molecular formula is C14H13BrClNO. The maximum atomic E-state index is 5.77. The van der Waals surface area contributed by atoms with E-state index in [4.69, 9.17) is 16.3 Å². The second-order valence-corrected chi connectivity index (χ2v) is 4.94. The van der Waals surface area contributed by atoms with Gasteiger partial charge in [-0.15, -0.1) is 11.6 Å². The Labute approximate surface area is 120 Å². The highest BCUT2D eigenvalue weighted by Gasteiger charge is 2.02. The quantitative estimate of drug-likeness (QED) is 0.768. The van der Waals surface area contributed by atoms with Gasteiger partial charge < -0.3 is 4.74 Å². The lowest BCUT2D eigenvalue weighted by atomic mass is 10.2. The van der Waals surface area contributed by atoms with Crippen LogP contribution in [-0.2, 0) is 12.3 Å². The van der Waals surface area contributed by atoms with Gasteiger partial charge in [-0.25, -0.2) is 0 Å². The Morgan fingerprint density at radius 3 is 2.78 bits per heavy atom. The first kappa shape index (κ1) is 13.4. The van der Waals surface area contributed by atoms with Crippen LogP contribution >= 0.6 is 27.5 Å². The summed E-state index contributed by atoms with van der Waals surface area (Å²) < 4.78 is 6.64. The second kappa shape index (κ2) is 6.76. The average Bonchev–Trinajstić information content (AvgIpc) is 2.42. The van der Waals surface area contributed by atoms with Gasteiger partial charge in [0.15, 0.2) is 0 Å². The molecule has 0 N–H and O–H groups in total. The molecule has 0 fully saturated rings. The number of rotatable bonds is 5. The molecule has 0 radical (unpaired) electrons. The molecule has 1 aromatic heterocycles. The minimum absolute atomic E-state index is 0.507. The summed E-state index contributed by atoms with van der Waals surface area (Å²) in [6.45, 7) is 0.607. The van der Waals surface area contributed by atoms with Gasteiger partial charge in [-0.2, -0.15) is 0 Å². The van der Waals surface area contributed by atoms with Crippen LogP contribution in [0.1, 0.15) is 11.3 Å². The van der Waals surface area contributed by atoms with Crippen molar-refractivity contribution in [1.82, 2.24) is 4.98 Å². The van der Waals surface area contributed by atoms with E-state index in [9.17, 15) is 0 Å². The van der Waals surface area contributed by atoms with Crippen molar-refractivity contribution in [2.45, 2.75) is 12.3 Å². The number of nitrogens with zero attached hydrogens (tertiary/aromatic N) is 1. The van der Waals surface area contributed by atoms with Crippen LogP contribution in [0.3, 0.4) is 0 Å². The lowest BCUT2D eigenvalue weighted by molar-refractivity contribution is 0.318. The smallest absolute Gasteiger partial charge is 0.133 e. The predicted octanol–water partition coefficient (Wildman–Crippen LogP) is 4.20. The zero-order valence-corrected chi connectivity index (χ0v) is 12.1. The number of alkyl halides is 1. The normalized spacial score (nSPS) is 10.3. The van der Waals surface area contributed by atoms with Gasteiger partial charge in [0.25, 0.3) is 0 Å². The Kier molecular flexibility index (Phi) is 5.02. The van der Waals surface area contributed by atoms with E-state index in [1.54, 1.807) is 6.20 Å². The molecule has 0 aliphatic rings. The van der Waals surface area contributed by atoms with Crippen LogP contribution in [0.5, 0.6) is 5.75 Å². The van der Waals surface area contributed by atoms with Crippen LogP contribution < -0.4 is 4.74 Å². The van der Waals surface area contributed by atoms with Gasteiger partial charge in [-0.05, 0) is 45.8 Å². The van der Waals surface area contributed by atoms with Crippen molar-refractivity contribution in [3.8, 4) is 5.75 Å². The van der Waals surface area contributed by atoms with Gasteiger partial charge in [0.2, 0.25) is 0 Å². The van der Waals surface area contributed by atoms with Gasteiger partial charge in [0.1, 0.15) is 5.75 Å². The molecule has 0 amide bonds. The summed E-state index contributed by atoms with van der Waals surface area (Å²) in [5.41, 5.74) is 2.10. The predicted molar refractivity (Wildman–Crippen MR) is 77.1 cm³/mol. The third-order valence-corrected chi connectivity index (χ3v) is 3.42. The van der Waals surface area contributed by atoms with E-state index in [2.05, 4.69) is 20.9 Å². The third-order valence-electron chi connectivity index (χ3n) is 2.49. The first-order valence-electron chi connectivity index (χ1n) is 5.66. The van der Waals surface area contributed by atoms with E-state index in [-0.39, 0.29) is 0 Å². The highest BCUT2D eigenvalue weighted by atomic mass is 79.9. The summed E-state index contributed by atoms with van der Waals surface area (Å²) in [6.07, 6.45) is 2.59. The number of hydrogen-bond donors (Lipinski definition) is 0. The zero-order chi connectivity index (χ0) is 12.8. The van der Waals surface area contributed by atoms with Gasteiger partial charge in [-0.3, -0.25) is 4.98 Å². The van der Waals surface area contributed by atoms with Crippen molar-refractivity contribution in [2.24, 2.45) is 0 Å². The molecule has 0 bridgehead atoms. The fourth-order valence-corrected chi connectivity index (χ4v) is 2.26. The molecule has 1 heterocycles. The fraction of sp³-hybridized carbons (Fsp3) is 0.214. The number of halogens is 2. The van der Waals surface area contributed by atoms with Crippen molar-refractivity contribution in [3.63, 3.8) is 0 Å². The molecule has 94 valence electrons. The highest BCUT2D eigenvalue weighted by molar-refractivity contribution is 9.10. The van der Waals surface area contributed by atoms with Crippen molar-refractivity contribution in [1.29, 1.82) is 0 Å². The van der Waals surface area contributed by atoms with Crippen molar-refractivity contribution < 1.29 is 4.74 Å². The average molecular weight is 327 g/mol. The lowest BCUT2D eigenvalue weighted by Crippen LogP contribution is -2.03. The molecule has 0 aliphatic heterocycles. The minimum atomic E-state index is 0.507. The van der Waals surface area contributed by atoms with Crippen LogP contribution in [-0.4, -0.2) is 11.6 Å². The van der Waals surface area contributed by atoms with Crippen LogP contribution in [0.25, 0.3) is 0 Å². The standard InChI is InChI=1S/C14H13BrClNO/c15-13-9-11(10-16)4-5-14(13)18-8-6-12-3-1-2-7-17-12/h1-5,7,9H,6,8,10H2. The van der Waals surface area contributed by atoms with E-state index >= 15 is 0 Å². The van der Waals surface area contributed by atoms with E-state index in [1.807, 2.05) is 36.4 Å². The van der Waals surface area contributed by atoms with E-state index in [1.165, 1.54) is 0 Å². The van der Waals surface area contributed by atoms with Gasteiger partial charge in [-0.1, -0.05) is 12.1 Å². The first-order chi connectivity index (χ1) is 8.79. The fourth-order valence-electron chi connectivity index (χ4n) is 1.56. The lowest BCUT2D eigenvalue weighted by Gasteiger charge is -2.08. The maximum absolute atomic E-state index is 5.77. The minimum Gasteiger partial charge on any atom is -0.492 e. The summed E-state index contributed by atoms with van der Waals surface area (Å²) in [7, 11) is 0. The molecule has 2 rings (SSSR count). The van der Waals surface area contributed by atoms with Gasteiger partial charge >= 0.3 is 0 Å². The molecule has 4 heteroatoms. The van der Waals surface area contributed by atoms with Crippen LogP contribution in [0, 0.1) is 0 Å². The largest absolute Gasteiger partial charge is 0.492 e. The molecule has 0 aliphatic carbocycles. The topological polar surface area (TPSA) is 22.1 Å². The summed E-state index contributed by atoms with van der Waals surface area (Å²) in [4.78, 5) is 4.25. The Bertz CT molecular complexity index is 504. The first-order valence-corrected chi connectivity index (χ1v) is 6.99. The van der Waals surface area contributed by atoms with Crippen molar-refractivity contribution >= 4 is 27.5 Å². The Morgan fingerprint density at radius 1 is 1.22 bits per heavy atom. The van der Waals surface area contributed by atoms with Gasteiger partial charge in [0, 0.05) is 24.2 Å². The second-order valence-electron chi connectivity index (χ2n) is 3.82. The third kappa shape index (κ3) is 3.72. The molecule has 1 aromatic carbocycles. The number of hydrogen-bond acceptors (Lipinski definition) is 2. The zero-order valence-electron chi connectivity index (χ0n) is 9.77. The van der Waals surface area contributed by atoms with Crippen molar-refractivity contribution in [3.05, 3.63) is 58.3 Å². The maximum Gasteiger partial charge on any atom is 0.133 e. The number of ether oxygens (including phenoxy) is 1. The summed E-state index contributed by atoms with van der Waals surface area (Å²) in [5.74, 6) is 1.34. The van der Waals surface area contributed by atoms with Gasteiger partial charge in [0.05, 0.1) is 11.1 Å². The van der Waals surface area contributed by atoms with Crippen LogP contribution in [0.4, 0.5) is 0 Å². The number of pyridine rings is 1. The van der Waals surface area contributed by atoms with E-state index in [0.717, 1.165) is 27.9 Å². The molecule has 0 saturated carbocycles. The Morgan fingerprint density at radius 2 is 2.11 bits per heavy atom. The molecule has 0 saturated heterocycles. The molecule has 0 atom stereocenters. The molecule has 2 aromatic rings. The molecule has 18 heavy (non-hydrogen) atoms. The van der Waals surface area contributed by atoms with Crippen LogP contribution in [0.15, 0.2) is 47.1 Å². The Balaban J connectivity index is 1.91. The van der Waals surface area contributed by atoms with Crippen LogP contribution in [0.2, 0.25) is 0 Å². The number of aromatic nitrogens is 1. The molecule has 0 spiro atoms. The summed E-state index contributed by atoms with van der Waals surface area (Å²) in [5, 5.41) is 0. The monoisotopic (exact) mass is 325 g/mol. The number of benzene rings is 1. The van der Waals surface area contributed by atoms with E-state index < -0.39 is 0 Å². The summed E-state index contributed by atoms with van der Waals surface area (Å²) in [6, 6.07) is 11.8. The van der Waals surface area contributed by atoms with Crippen molar-refractivity contribution in [2.75, 3.05) is 6.61 Å².